The molecule has 9 heavy (non-hydrogen) atoms. The molecule has 0 atom stereocenters. The van der Waals surface area contributed by atoms with E-state index < -0.39 is 0 Å². The Hall–Kier alpha value is -1.06. The van der Waals surface area contributed by atoms with Crippen molar-refractivity contribution in [1.82, 2.24) is 5.32 Å². The van der Waals surface area contributed by atoms with Crippen LogP contribution in [0.15, 0.2) is 0 Å². The number of carbonyl (C=O) groups is 2. The van der Waals surface area contributed by atoms with Crippen molar-refractivity contribution in [2.24, 2.45) is 5.73 Å². The van der Waals surface area contributed by atoms with E-state index >= 15 is 0 Å². The summed E-state index contributed by atoms with van der Waals surface area (Å²) in [5.74, 6) is 0.00463. The predicted octanol–water partition coefficient (Wildman–Crippen LogP) is -0.510. The molecule has 0 saturated heterocycles. The molecular weight excluding hydrogens is 120 g/mol. The number of hydrogen-bond donors (Lipinski definition) is 2. The van der Waals surface area contributed by atoms with E-state index in [1.807, 2.05) is 0 Å². The van der Waals surface area contributed by atoms with E-state index in [4.69, 9.17) is 4.79 Å². The van der Waals surface area contributed by atoms with Gasteiger partial charge < -0.3 is 11.1 Å². The Morgan fingerprint density at radius 1 is 1.67 bits per heavy atom. The van der Waals surface area contributed by atoms with E-state index in [1.165, 1.54) is 6.92 Å². The zero-order valence-corrected chi connectivity index (χ0v) is 4.97. The second-order valence-electron chi connectivity index (χ2n) is 0.942. The van der Waals surface area contributed by atoms with Crippen molar-refractivity contribution in [3.8, 4) is 0 Å². The maximum absolute atomic E-state index is 9.70. The topological polar surface area (TPSA) is 72.2 Å². The maximum atomic E-state index is 9.70. The fraction of sp³-hybridized carbons (Fsp3) is 0.600. The van der Waals surface area contributed by atoms with Crippen molar-refractivity contribution < 1.29 is 9.59 Å². The van der Waals surface area contributed by atoms with Gasteiger partial charge in [-0.1, -0.05) is 7.43 Å². The van der Waals surface area contributed by atoms with E-state index in [0.717, 1.165) is 0 Å². The average molecular weight is 134 g/mol. The molecule has 0 aromatic carbocycles. The van der Waals surface area contributed by atoms with Crippen molar-refractivity contribution in [3.63, 3.8) is 0 Å². The van der Waals surface area contributed by atoms with Gasteiger partial charge in [-0.2, -0.15) is 0 Å². The van der Waals surface area contributed by atoms with Crippen molar-refractivity contribution in [3.05, 3.63) is 0 Å². The van der Waals surface area contributed by atoms with Crippen LogP contribution in [0.1, 0.15) is 14.4 Å². The monoisotopic (exact) mass is 134 g/mol. The molecule has 56 valence electrons. The molecule has 0 rings (SSSR count). The molecule has 0 radical (unpaired) electrons. The fourth-order valence-electron chi connectivity index (χ4n) is 0. The minimum Gasteiger partial charge on any atom is -0.372 e. The number of amides is 2. The summed E-state index contributed by atoms with van der Waals surface area (Å²) >= 11 is 0. The first-order chi connectivity index (χ1) is 3.68. The van der Waals surface area contributed by atoms with Crippen LogP contribution in [0.25, 0.3) is 0 Å². The summed E-state index contributed by atoms with van der Waals surface area (Å²) in [5.41, 5.74) is 4.17. The molecule has 3 N–H and O–H groups in total. The highest BCUT2D eigenvalue weighted by molar-refractivity contribution is 5.72. The molecule has 4 nitrogen and oxygen atoms in total. The number of primary amides is 1. The van der Waals surface area contributed by atoms with Gasteiger partial charge in [-0.25, -0.2) is 0 Å². The molecular formula is C5H14N2O2. The minimum atomic E-state index is 0. The Morgan fingerprint density at radius 3 is 1.78 bits per heavy atom. The van der Waals surface area contributed by atoms with Gasteiger partial charge in [0.15, 0.2) is 0 Å². The van der Waals surface area contributed by atoms with Crippen molar-refractivity contribution in [2.75, 3.05) is 7.05 Å². The van der Waals surface area contributed by atoms with Gasteiger partial charge in [-0.15, -0.1) is 0 Å². The number of nitrogens with one attached hydrogen (secondary N) is 1. The Kier molecular flexibility index (Phi) is 27.5. The highest BCUT2D eigenvalue weighted by atomic mass is 16.1. The first-order valence-corrected chi connectivity index (χ1v) is 2.02. The van der Waals surface area contributed by atoms with Crippen LogP contribution in [0.3, 0.4) is 0 Å². The van der Waals surface area contributed by atoms with Gasteiger partial charge in [0.1, 0.15) is 0 Å². The number of rotatable bonds is 0. The van der Waals surface area contributed by atoms with Crippen LogP contribution in [0.2, 0.25) is 0 Å². The maximum Gasteiger partial charge on any atom is 0.216 e. The van der Waals surface area contributed by atoms with Crippen molar-refractivity contribution in [2.45, 2.75) is 14.4 Å². The van der Waals surface area contributed by atoms with Gasteiger partial charge in [-0.3, -0.25) is 9.59 Å². The third-order valence-electron chi connectivity index (χ3n) is 0.352. The lowest BCUT2D eigenvalue weighted by Crippen LogP contribution is -2.11. The molecule has 0 aliphatic rings. The number of carbonyl (C=O) groups excluding carboxylic acids is 2. The van der Waals surface area contributed by atoms with Gasteiger partial charge in [-0.05, 0) is 0 Å². The van der Waals surface area contributed by atoms with E-state index in [9.17, 15) is 4.79 Å². The molecule has 0 fully saturated rings. The molecule has 4 heteroatoms. The van der Waals surface area contributed by atoms with Gasteiger partial charge in [0.25, 0.3) is 0 Å². The van der Waals surface area contributed by atoms with Crippen LogP contribution >= 0.6 is 0 Å². The van der Waals surface area contributed by atoms with Crippen LogP contribution in [0.5, 0.6) is 0 Å². The third kappa shape index (κ3) is 192. The Balaban J connectivity index is -0.0000000800. The largest absolute Gasteiger partial charge is 0.372 e. The smallest absolute Gasteiger partial charge is 0.216 e. The molecule has 0 aromatic heterocycles. The molecule has 0 aliphatic heterocycles. The van der Waals surface area contributed by atoms with Gasteiger partial charge in [0, 0.05) is 14.0 Å². The van der Waals surface area contributed by atoms with E-state index in [2.05, 4.69) is 11.1 Å². The molecule has 0 aliphatic carbocycles. The van der Waals surface area contributed by atoms with Gasteiger partial charge in [0.05, 0.1) is 0 Å². The first-order valence-electron chi connectivity index (χ1n) is 2.02. The summed E-state index contributed by atoms with van der Waals surface area (Å²) in [6, 6.07) is 0. The number of hydrogen-bond acceptors (Lipinski definition) is 2. The number of nitrogens with two attached hydrogens (primary N) is 1. The summed E-state index contributed by atoms with van der Waals surface area (Å²) in [6.07, 6.45) is 0.250. The molecule has 0 spiro atoms. The van der Waals surface area contributed by atoms with Crippen LogP contribution in [0.4, 0.5) is 0 Å². The second-order valence-corrected chi connectivity index (χ2v) is 0.942. The van der Waals surface area contributed by atoms with Crippen LogP contribution in [-0.4, -0.2) is 19.4 Å². The Bertz CT molecular complexity index is 73.4. The van der Waals surface area contributed by atoms with Crippen LogP contribution < -0.4 is 11.1 Å². The Labute approximate surface area is 55.4 Å². The standard InChI is InChI=1S/C3H7NO.CH3NO.CH4/c1-3(5)4-2;2-1-3;/h1-2H3,(H,4,5);1H,(H2,2,3);1H4. The molecule has 2 amide bonds. The summed E-state index contributed by atoms with van der Waals surface area (Å²) < 4.78 is 0. The quantitative estimate of drug-likeness (QED) is 0.438. The lowest BCUT2D eigenvalue weighted by molar-refractivity contribution is -0.118. The molecule has 0 unspecified atom stereocenters. The van der Waals surface area contributed by atoms with Crippen LogP contribution in [0, 0.1) is 0 Å². The lowest BCUT2D eigenvalue weighted by Gasteiger charge is -1.80. The van der Waals surface area contributed by atoms with E-state index in [-0.39, 0.29) is 19.7 Å². The van der Waals surface area contributed by atoms with E-state index in [0.29, 0.717) is 0 Å². The summed E-state index contributed by atoms with van der Waals surface area (Å²) in [4.78, 5) is 18.3. The zero-order chi connectivity index (χ0) is 6.99. The Morgan fingerprint density at radius 2 is 1.78 bits per heavy atom. The average Bonchev–Trinajstić information content (AvgIpc) is 1.69. The molecule has 0 saturated carbocycles. The lowest BCUT2D eigenvalue weighted by atomic mass is 10.7. The highest BCUT2D eigenvalue weighted by Crippen LogP contribution is 1.45. The summed E-state index contributed by atoms with van der Waals surface area (Å²) in [5, 5.41) is 2.39. The normalized spacial score (nSPS) is 5.11. The van der Waals surface area contributed by atoms with Gasteiger partial charge in [0.2, 0.25) is 12.3 Å². The minimum absolute atomic E-state index is 0. The highest BCUT2D eigenvalue weighted by Gasteiger charge is 1.72. The molecule has 0 bridgehead atoms. The third-order valence-corrected chi connectivity index (χ3v) is 0.352. The second kappa shape index (κ2) is 15.8. The van der Waals surface area contributed by atoms with Crippen molar-refractivity contribution in [1.29, 1.82) is 0 Å². The first kappa shape index (κ1) is 15.7. The van der Waals surface area contributed by atoms with E-state index in [1.54, 1.807) is 7.05 Å². The summed E-state index contributed by atoms with van der Waals surface area (Å²) in [6.45, 7) is 1.47. The summed E-state index contributed by atoms with van der Waals surface area (Å²) in [7, 11) is 1.60. The van der Waals surface area contributed by atoms with Crippen molar-refractivity contribution >= 4 is 12.3 Å². The van der Waals surface area contributed by atoms with Crippen LogP contribution in [-0.2, 0) is 9.59 Å². The SMILES string of the molecule is C.CNC(C)=O.NC=O. The fourth-order valence-corrected chi connectivity index (χ4v) is 0. The predicted molar refractivity (Wildman–Crippen MR) is 36.7 cm³/mol. The molecule has 0 heterocycles. The zero-order valence-electron chi connectivity index (χ0n) is 4.97. The van der Waals surface area contributed by atoms with Gasteiger partial charge >= 0.3 is 0 Å². The molecule has 0 aromatic rings.